The average Bonchev–Trinajstić information content (AvgIpc) is 2.97. The van der Waals surface area contributed by atoms with Crippen LogP contribution in [0.3, 0.4) is 0 Å². The predicted octanol–water partition coefficient (Wildman–Crippen LogP) is 3.82. The van der Waals surface area contributed by atoms with E-state index in [4.69, 9.17) is 4.74 Å². The molecule has 4 nitrogen and oxygen atoms in total. The van der Waals surface area contributed by atoms with Crippen LogP contribution in [0.5, 0.6) is 5.75 Å². The van der Waals surface area contributed by atoms with Crippen molar-refractivity contribution < 1.29 is 9.13 Å². The summed E-state index contributed by atoms with van der Waals surface area (Å²) in [6.45, 7) is 4.12. The van der Waals surface area contributed by atoms with Crippen molar-refractivity contribution in [3.8, 4) is 16.5 Å². The van der Waals surface area contributed by atoms with Gasteiger partial charge in [-0.05, 0) is 18.1 Å². The van der Waals surface area contributed by atoms with E-state index >= 15 is 0 Å². The van der Waals surface area contributed by atoms with Crippen LogP contribution in [0.1, 0.15) is 25.5 Å². The van der Waals surface area contributed by atoms with Crippen molar-refractivity contribution in [2.75, 3.05) is 7.11 Å². The minimum Gasteiger partial charge on any atom is -0.494 e. The Morgan fingerprint density at radius 2 is 2.10 bits per heavy atom. The van der Waals surface area contributed by atoms with E-state index in [1.165, 1.54) is 18.4 Å². The van der Waals surface area contributed by atoms with Crippen molar-refractivity contribution in [3.05, 3.63) is 35.4 Å². The lowest BCUT2D eigenvalue weighted by atomic mass is 10.1. The van der Waals surface area contributed by atoms with Crippen LogP contribution < -0.4 is 4.74 Å². The number of benzene rings is 1. The lowest BCUT2D eigenvalue weighted by molar-refractivity contribution is 0.389. The Morgan fingerprint density at radius 3 is 2.76 bits per heavy atom. The number of thiazole rings is 1. The van der Waals surface area contributed by atoms with Gasteiger partial charge in [-0.1, -0.05) is 13.8 Å². The molecule has 0 N–H and O–H groups in total. The van der Waals surface area contributed by atoms with Gasteiger partial charge in [0.2, 0.25) is 0 Å². The molecule has 3 rings (SSSR count). The molecule has 0 amide bonds. The molecular weight excluding hydrogens is 289 g/mol. The molecule has 2 heterocycles. The summed E-state index contributed by atoms with van der Waals surface area (Å²) in [6.07, 6.45) is 2.56. The van der Waals surface area contributed by atoms with Gasteiger partial charge in [0.15, 0.2) is 17.9 Å². The lowest BCUT2D eigenvalue weighted by Crippen LogP contribution is -1.96. The van der Waals surface area contributed by atoms with Crippen LogP contribution >= 0.6 is 11.3 Å². The zero-order valence-corrected chi connectivity index (χ0v) is 12.7. The van der Waals surface area contributed by atoms with E-state index in [1.807, 2.05) is 5.38 Å². The zero-order chi connectivity index (χ0) is 15.0. The largest absolute Gasteiger partial charge is 0.494 e. The molecule has 1 aromatic carbocycles. The number of nitrogens with zero attached hydrogens (tertiary/aromatic N) is 3. The minimum absolute atomic E-state index is 0.166. The second kappa shape index (κ2) is 5.37. The first-order valence-electron chi connectivity index (χ1n) is 6.48. The molecule has 0 spiro atoms. The SMILES string of the molecule is COc1ccc2n[c]nc(-c3nc(C(C)C)cs3)c2c1F. The van der Waals surface area contributed by atoms with E-state index in [2.05, 4.69) is 35.1 Å². The van der Waals surface area contributed by atoms with E-state index in [1.54, 1.807) is 12.1 Å². The van der Waals surface area contributed by atoms with Crippen molar-refractivity contribution >= 4 is 22.2 Å². The third-order valence-electron chi connectivity index (χ3n) is 3.19. The molecule has 0 aliphatic rings. The summed E-state index contributed by atoms with van der Waals surface area (Å²) in [6, 6.07) is 3.24. The molecule has 0 aliphatic heterocycles. The fourth-order valence-electron chi connectivity index (χ4n) is 2.02. The predicted molar refractivity (Wildman–Crippen MR) is 80.1 cm³/mol. The summed E-state index contributed by atoms with van der Waals surface area (Å²) in [5.41, 5.74) is 1.90. The highest BCUT2D eigenvalue weighted by Crippen LogP contribution is 2.34. The van der Waals surface area contributed by atoms with E-state index in [0.29, 0.717) is 27.5 Å². The van der Waals surface area contributed by atoms with Gasteiger partial charge in [-0.3, -0.25) is 0 Å². The maximum Gasteiger partial charge on any atom is 0.199 e. The van der Waals surface area contributed by atoms with Crippen LogP contribution in [0, 0.1) is 12.1 Å². The number of methoxy groups -OCH3 is 1. The van der Waals surface area contributed by atoms with E-state index in [0.717, 1.165) is 5.69 Å². The van der Waals surface area contributed by atoms with Crippen molar-refractivity contribution in [1.29, 1.82) is 0 Å². The summed E-state index contributed by atoms with van der Waals surface area (Å²) in [5.74, 6) is 0.00551. The normalized spacial score (nSPS) is 11.3. The molecule has 6 heteroatoms. The van der Waals surface area contributed by atoms with Gasteiger partial charge in [0.1, 0.15) is 10.7 Å². The Balaban J connectivity index is 2.26. The Bertz CT molecular complexity index is 801. The molecule has 21 heavy (non-hydrogen) atoms. The number of hydrogen-bond acceptors (Lipinski definition) is 5. The highest BCUT2D eigenvalue weighted by atomic mass is 32.1. The van der Waals surface area contributed by atoms with Gasteiger partial charge < -0.3 is 4.74 Å². The van der Waals surface area contributed by atoms with Gasteiger partial charge in [-0.15, -0.1) is 11.3 Å². The van der Waals surface area contributed by atoms with Crippen LogP contribution in [-0.4, -0.2) is 22.1 Å². The molecule has 0 unspecified atom stereocenters. The van der Waals surface area contributed by atoms with Crippen molar-refractivity contribution in [3.63, 3.8) is 0 Å². The Morgan fingerprint density at radius 1 is 1.29 bits per heavy atom. The molecule has 3 aromatic rings. The summed E-state index contributed by atoms with van der Waals surface area (Å²) in [4.78, 5) is 12.6. The van der Waals surface area contributed by atoms with Crippen LogP contribution in [0.4, 0.5) is 4.39 Å². The van der Waals surface area contributed by atoms with E-state index < -0.39 is 5.82 Å². The van der Waals surface area contributed by atoms with Crippen molar-refractivity contribution in [1.82, 2.24) is 15.0 Å². The topological polar surface area (TPSA) is 47.9 Å². The standard InChI is InChI=1S/C15H13FN3OS/c1-8(2)10-6-21-15(19-10)14-12-9(17-7-18-14)4-5-11(20-3)13(12)16/h4-6,8H,1-3H3. The van der Waals surface area contributed by atoms with Crippen LogP contribution in [0.25, 0.3) is 21.6 Å². The average molecular weight is 302 g/mol. The third kappa shape index (κ3) is 2.35. The quantitative estimate of drug-likeness (QED) is 0.738. The highest BCUT2D eigenvalue weighted by molar-refractivity contribution is 7.13. The van der Waals surface area contributed by atoms with Gasteiger partial charge in [0, 0.05) is 5.38 Å². The summed E-state index contributed by atoms with van der Waals surface area (Å²) < 4.78 is 19.6. The second-order valence-corrected chi connectivity index (χ2v) is 5.74. The van der Waals surface area contributed by atoms with Gasteiger partial charge >= 0.3 is 0 Å². The van der Waals surface area contributed by atoms with Crippen molar-refractivity contribution in [2.45, 2.75) is 19.8 Å². The molecule has 0 saturated heterocycles. The fraction of sp³-hybridized carbons (Fsp3) is 0.267. The third-order valence-corrected chi connectivity index (χ3v) is 4.06. The number of aromatic nitrogens is 3. The van der Waals surface area contributed by atoms with Crippen LogP contribution in [0.2, 0.25) is 0 Å². The first-order chi connectivity index (χ1) is 10.1. The maximum atomic E-state index is 14.5. The minimum atomic E-state index is -0.472. The summed E-state index contributed by atoms with van der Waals surface area (Å²) in [7, 11) is 1.43. The van der Waals surface area contributed by atoms with E-state index in [-0.39, 0.29) is 5.75 Å². The second-order valence-electron chi connectivity index (χ2n) is 4.88. The first kappa shape index (κ1) is 13.9. The molecule has 0 bridgehead atoms. The molecule has 0 fully saturated rings. The number of ether oxygens (including phenoxy) is 1. The van der Waals surface area contributed by atoms with Gasteiger partial charge in [-0.25, -0.2) is 19.3 Å². The first-order valence-corrected chi connectivity index (χ1v) is 7.36. The molecule has 1 radical (unpaired) electrons. The fourth-order valence-corrected chi connectivity index (χ4v) is 3.00. The molecule has 2 aromatic heterocycles. The smallest absolute Gasteiger partial charge is 0.199 e. The van der Waals surface area contributed by atoms with Gasteiger partial charge in [-0.2, -0.15) is 0 Å². The van der Waals surface area contributed by atoms with Gasteiger partial charge in [0.25, 0.3) is 0 Å². The number of hydrogen-bond donors (Lipinski definition) is 0. The Kier molecular flexibility index (Phi) is 3.55. The Labute approximate surface area is 125 Å². The number of fused-ring (bicyclic) bond motifs is 1. The highest BCUT2D eigenvalue weighted by Gasteiger charge is 2.18. The summed E-state index contributed by atoms with van der Waals surface area (Å²) in [5, 5.41) is 2.94. The monoisotopic (exact) mass is 302 g/mol. The zero-order valence-electron chi connectivity index (χ0n) is 11.8. The molecular formula is C15H13FN3OS. The molecule has 107 valence electrons. The summed E-state index contributed by atoms with van der Waals surface area (Å²) >= 11 is 1.44. The Hall–Kier alpha value is -2.08. The lowest BCUT2D eigenvalue weighted by Gasteiger charge is -2.07. The van der Waals surface area contributed by atoms with Crippen molar-refractivity contribution in [2.24, 2.45) is 0 Å². The van der Waals surface area contributed by atoms with E-state index in [9.17, 15) is 4.39 Å². The number of halogens is 1. The molecule has 0 aliphatic carbocycles. The number of rotatable bonds is 3. The molecule has 0 atom stereocenters. The van der Waals surface area contributed by atoms with Gasteiger partial charge in [0.05, 0.1) is 23.7 Å². The maximum absolute atomic E-state index is 14.5. The van der Waals surface area contributed by atoms with Crippen LogP contribution in [0.15, 0.2) is 17.5 Å². The molecule has 0 saturated carbocycles. The van der Waals surface area contributed by atoms with Crippen LogP contribution in [-0.2, 0) is 0 Å².